The Balaban J connectivity index is 1.48. The minimum atomic E-state index is 0.509. The van der Waals surface area contributed by atoms with Gasteiger partial charge in [-0.05, 0) is 38.6 Å². The van der Waals surface area contributed by atoms with Crippen molar-refractivity contribution in [3.8, 4) is 0 Å². The van der Waals surface area contributed by atoms with E-state index >= 15 is 0 Å². The number of nitrogens with one attached hydrogen (secondary N) is 2. The van der Waals surface area contributed by atoms with Crippen LogP contribution in [0.15, 0.2) is 4.99 Å². The van der Waals surface area contributed by atoms with E-state index in [-0.39, 0.29) is 0 Å². The van der Waals surface area contributed by atoms with Crippen LogP contribution in [0.3, 0.4) is 0 Å². The largest absolute Gasteiger partial charge is 0.354 e. The monoisotopic (exact) mass is 347 g/mol. The lowest BCUT2D eigenvalue weighted by atomic mass is 10.1. The number of nitrogens with zero attached hydrogens (tertiary/aromatic N) is 5. The van der Waals surface area contributed by atoms with E-state index in [1.54, 1.807) is 0 Å². The van der Waals surface area contributed by atoms with E-state index in [2.05, 4.69) is 42.2 Å². The first-order valence-corrected chi connectivity index (χ1v) is 9.90. The lowest BCUT2D eigenvalue weighted by molar-refractivity contribution is 0.206. The number of rotatable bonds is 5. The van der Waals surface area contributed by atoms with Crippen LogP contribution in [0.25, 0.3) is 0 Å². The fourth-order valence-electron chi connectivity index (χ4n) is 3.84. The molecule has 0 unspecified atom stereocenters. The van der Waals surface area contributed by atoms with Gasteiger partial charge in [0, 0.05) is 39.1 Å². The lowest BCUT2D eigenvalue weighted by Gasteiger charge is -2.32. The summed E-state index contributed by atoms with van der Waals surface area (Å²) in [4.78, 5) is 6.95. The van der Waals surface area contributed by atoms with Crippen molar-refractivity contribution in [1.82, 2.24) is 30.3 Å². The quantitative estimate of drug-likeness (QED) is 0.625. The van der Waals surface area contributed by atoms with Crippen LogP contribution in [-0.4, -0.2) is 58.3 Å². The van der Waals surface area contributed by atoms with Crippen LogP contribution < -0.4 is 10.6 Å². The number of fused-ring (bicyclic) bond motifs is 1. The second kappa shape index (κ2) is 9.17. The van der Waals surface area contributed by atoms with Gasteiger partial charge in [-0.2, -0.15) is 0 Å². The van der Waals surface area contributed by atoms with Crippen molar-refractivity contribution in [2.45, 2.75) is 71.0 Å². The Morgan fingerprint density at radius 1 is 1.16 bits per heavy atom. The molecule has 7 nitrogen and oxygen atoms in total. The summed E-state index contributed by atoms with van der Waals surface area (Å²) in [5.41, 5.74) is 0. The molecule has 2 aliphatic rings. The third-order valence-corrected chi connectivity index (χ3v) is 5.29. The van der Waals surface area contributed by atoms with Gasteiger partial charge in [0.2, 0.25) is 0 Å². The number of piperidine rings is 1. The van der Waals surface area contributed by atoms with Gasteiger partial charge >= 0.3 is 0 Å². The number of hydrogen-bond acceptors (Lipinski definition) is 4. The molecular formula is C18H33N7. The van der Waals surface area contributed by atoms with Gasteiger partial charge in [0.25, 0.3) is 0 Å². The summed E-state index contributed by atoms with van der Waals surface area (Å²) in [6.07, 6.45) is 8.39. The number of likely N-dealkylation sites (tertiary alicyclic amines) is 1. The number of hydrogen-bond donors (Lipinski definition) is 2. The molecule has 3 rings (SSSR count). The molecule has 0 spiro atoms. The normalized spacial score (nSPS) is 20.2. The highest BCUT2D eigenvalue weighted by Gasteiger charge is 2.20. The van der Waals surface area contributed by atoms with Crippen molar-refractivity contribution in [1.29, 1.82) is 0 Å². The minimum Gasteiger partial charge on any atom is -0.354 e. The van der Waals surface area contributed by atoms with Gasteiger partial charge in [0.15, 0.2) is 11.8 Å². The number of guanidine groups is 1. The Kier molecular flexibility index (Phi) is 6.67. The van der Waals surface area contributed by atoms with Crippen LogP contribution in [0.5, 0.6) is 0 Å². The van der Waals surface area contributed by atoms with Crippen LogP contribution in [0.2, 0.25) is 0 Å². The van der Waals surface area contributed by atoms with Gasteiger partial charge in [-0.15, -0.1) is 10.2 Å². The van der Waals surface area contributed by atoms with Crippen molar-refractivity contribution in [3.63, 3.8) is 0 Å². The molecule has 7 heteroatoms. The average Bonchev–Trinajstić information content (AvgIpc) is 2.87. The summed E-state index contributed by atoms with van der Waals surface area (Å²) in [5.74, 6) is 3.04. The molecule has 0 aliphatic carbocycles. The number of aryl methyl sites for hydroxylation is 1. The lowest BCUT2D eigenvalue weighted by Crippen LogP contribution is -2.48. The Hall–Kier alpha value is -1.63. The van der Waals surface area contributed by atoms with Crippen LogP contribution in [0.4, 0.5) is 0 Å². The SMILES string of the molecule is CCCN1CCC(NC(=NC)NCc2nnc3n2CCCCC3)CC1. The summed E-state index contributed by atoms with van der Waals surface area (Å²) in [6, 6.07) is 0.509. The van der Waals surface area contributed by atoms with Gasteiger partial charge in [0.05, 0.1) is 6.54 Å². The molecule has 1 aromatic heterocycles. The third-order valence-electron chi connectivity index (χ3n) is 5.29. The van der Waals surface area contributed by atoms with Crippen molar-refractivity contribution in [2.24, 2.45) is 4.99 Å². The first-order chi connectivity index (χ1) is 12.3. The first-order valence-electron chi connectivity index (χ1n) is 9.90. The maximum Gasteiger partial charge on any atom is 0.191 e. The molecule has 1 aromatic rings. The number of aromatic nitrogens is 3. The zero-order valence-electron chi connectivity index (χ0n) is 15.8. The Morgan fingerprint density at radius 2 is 2.00 bits per heavy atom. The minimum absolute atomic E-state index is 0.509. The van der Waals surface area contributed by atoms with E-state index in [0.717, 1.165) is 30.6 Å². The molecule has 1 saturated heterocycles. The molecule has 0 amide bonds. The summed E-state index contributed by atoms with van der Waals surface area (Å²) < 4.78 is 2.29. The van der Waals surface area contributed by atoms with E-state index in [1.807, 2.05) is 7.05 Å². The van der Waals surface area contributed by atoms with Gasteiger partial charge in [-0.1, -0.05) is 13.3 Å². The van der Waals surface area contributed by atoms with Crippen LogP contribution in [-0.2, 0) is 19.5 Å². The molecule has 0 radical (unpaired) electrons. The zero-order valence-corrected chi connectivity index (χ0v) is 15.8. The molecule has 25 heavy (non-hydrogen) atoms. The van der Waals surface area contributed by atoms with Crippen molar-refractivity contribution in [3.05, 3.63) is 11.6 Å². The van der Waals surface area contributed by atoms with E-state index in [1.165, 1.54) is 58.2 Å². The fraction of sp³-hybridized carbons (Fsp3) is 0.833. The van der Waals surface area contributed by atoms with Crippen LogP contribution in [0.1, 0.15) is 57.1 Å². The maximum atomic E-state index is 4.39. The third kappa shape index (κ3) is 4.93. The predicted molar refractivity (Wildman–Crippen MR) is 101 cm³/mol. The molecule has 0 aromatic carbocycles. The molecule has 0 bridgehead atoms. The van der Waals surface area contributed by atoms with Gasteiger partial charge in [0.1, 0.15) is 5.82 Å². The van der Waals surface area contributed by atoms with E-state index < -0.39 is 0 Å². The predicted octanol–water partition coefficient (Wildman–Crippen LogP) is 1.54. The Labute approximate surface area is 151 Å². The first kappa shape index (κ1) is 18.2. The van der Waals surface area contributed by atoms with E-state index in [9.17, 15) is 0 Å². The number of aliphatic imine (C=N–C) groups is 1. The second-order valence-electron chi connectivity index (χ2n) is 7.18. The molecule has 140 valence electrons. The topological polar surface area (TPSA) is 70.4 Å². The van der Waals surface area contributed by atoms with Crippen molar-refractivity contribution in [2.75, 3.05) is 26.7 Å². The summed E-state index contributed by atoms with van der Waals surface area (Å²) in [6.45, 7) is 7.56. The molecular weight excluding hydrogens is 314 g/mol. The standard InChI is InChI=1S/C18H33N7/c1-3-10-24-12-8-15(9-13-24)21-18(19-2)20-14-17-23-22-16-7-5-4-6-11-25(16)17/h15H,3-14H2,1-2H3,(H2,19,20,21). The van der Waals surface area contributed by atoms with Gasteiger partial charge < -0.3 is 20.1 Å². The van der Waals surface area contributed by atoms with Crippen molar-refractivity contribution >= 4 is 5.96 Å². The van der Waals surface area contributed by atoms with Gasteiger partial charge in [-0.25, -0.2) is 0 Å². The summed E-state index contributed by atoms with van der Waals surface area (Å²) in [5, 5.41) is 15.8. The molecule has 3 heterocycles. The van der Waals surface area contributed by atoms with Crippen LogP contribution in [0, 0.1) is 0 Å². The highest BCUT2D eigenvalue weighted by Crippen LogP contribution is 2.14. The smallest absolute Gasteiger partial charge is 0.191 e. The second-order valence-corrected chi connectivity index (χ2v) is 7.18. The fourth-order valence-corrected chi connectivity index (χ4v) is 3.84. The summed E-state index contributed by atoms with van der Waals surface area (Å²) >= 11 is 0. The molecule has 2 N–H and O–H groups in total. The van der Waals surface area contributed by atoms with Gasteiger partial charge in [-0.3, -0.25) is 4.99 Å². The highest BCUT2D eigenvalue weighted by molar-refractivity contribution is 5.79. The maximum absolute atomic E-state index is 4.39. The van der Waals surface area contributed by atoms with E-state index in [4.69, 9.17) is 0 Å². The Morgan fingerprint density at radius 3 is 2.76 bits per heavy atom. The average molecular weight is 348 g/mol. The van der Waals surface area contributed by atoms with Crippen molar-refractivity contribution < 1.29 is 0 Å². The molecule has 0 atom stereocenters. The molecule has 1 fully saturated rings. The van der Waals surface area contributed by atoms with Crippen LogP contribution >= 0.6 is 0 Å². The zero-order chi connectivity index (χ0) is 17.5. The molecule has 2 aliphatic heterocycles. The highest BCUT2D eigenvalue weighted by atomic mass is 15.3. The molecule has 0 saturated carbocycles. The Bertz CT molecular complexity index is 558. The summed E-state index contributed by atoms with van der Waals surface area (Å²) in [7, 11) is 1.84. The van der Waals surface area contributed by atoms with E-state index in [0.29, 0.717) is 12.6 Å².